The van der Waals surface area contributed by atoms with Crippen LogP contribution < -0.4 is 0 Å². The van der Waals surface area contributed by atoms with Crippen LogP contribution in [0.25, 0.3) is 0 Å². The van der Waals surface area contributed by atoms with Crippen LogP contribution in [0.15, 0.2) is 0 Å². The van der Waals surface area contributed by atoms with Gasteiger partial charge in [0.1, 0.15) is 0 Å². The second kappa shape index (κ2) is 9.07. The molecule has 3 aliphatic rings. The Morgan fingerprint density at radius 2 is 1.65 bits per heavy atom. The zero-order valence-corrected chi connectivity index (χ0v) is 16.5. The van der Waals surface area contributed by atoms with E-state index >= 15 is 0 Å². The molecule has 2 atom stereocenters. The highest BCUT2D eigenvalue weighted by atomic mass is 16.5. The van der Waals surface area contributed by atoms with E-state index in [-0.39, 0.29) is 6.09 Å². The summed E-state index contributed by atoms with van der Waals surface area (Å²) in [5.74, 6) is 1.00. The SMILES string of the molecule is CCC(=O)N1CCCC1C1CCN(C2CCCN(C(=O)OC)CC2)CC1. The molecule has 0 aromatic heterocycles. The summed E-state index contributed by atoms with van der Waals surface area (Å²) in [6.07, 6.45) is 8.48. The Morgan fingerprint density at radius 3 is 2.35 bits per heavy atom. The number of methoxy groups -OCH3 is 1. The van der Waals surface area contributed by atoms with Crippen LogP contribution in [-0.4, -0.2) is 78.6 Å². The van der Waals surface area contributed by atoms with Crippen molar-refractivity contribution in [3.05, 3.63) is 0 Å². The maximum absolute atomic E-state index is 12.2. The standard InChI is InChI=1S/C20H35N3O3/c1-3-19(24)23-12-5-7-18(23)16-8-13-21(14-9-16)17-6-4-11-22(15-10-17)20(25)26-2/h16-18H,3-15H2,1-2H3. The monoisotopic (exact) mass is 365 g/mol. The van der Waals surface area contributed by atoms with E-state index in [9.17, 15) is 9.59 Å². The molecule has 0 saturated carbocycles. The van der Waals surface area contributed by atoms with E-state index in [2.05, 4.69) is 9.80 Å². The molecule has 148 valence electrons. The zero-order chi connectivity index (χ0) is 18.5. The van der Waals surface area contributed by atoms with Crippen molar-refractivity contribution in [1.29, 1.82) is 0 Å². The van der Waals surface area contributed by atoms with E-state index in [1.54, 1.807) is 0 Å². The van der Waals surface area contributed by atoms with E-state index in [4.69, 9.17) is 4.74 Å². The molecule has 0 aliphatic carbocycles. The van der Waals surface area contributed by atoms with Crippen LogP contribution >= 0.6 is 0 Å². The number of hydrogen-bond donors (Lipinski definition) is 0. The molecule has 3 aliphatic heterocycles. The number of likely N-dealkylation sites (tertiary alicyclic amines) is 3. The molecule has 0 N–H and O–H groups in total. The number of carbonyl (C=O) groups is 2. The number of ether oxygens (including phenoxy) is 1. The first-order valence-electron chi connectivity index (χ1n) is 10.5. The Morgan fingerprint density at radius 1 is 0.923 bits per heavy atom. The largest absolute Gasteiger partial charge is 0.453 e. The van der Waals surface area contributed by atoms with E-state index in [1.165, 1.54) is 39.2 Å². The van der Waals surface area contributed by atoms with Gasteiger partial charge in [-0.2, -0.15) is 0 Å². The van der Waals surface area contributed by atoms with Crippen LogP contribution in [-0.2, 0) is 9.53 Å². The number of piperidine rings is 1. The van der Waals surface area contributed by atoms with E-state index in [1.807, 2.05) is 11.8 Å². The Bertz CT molecular complexity index is 491. The van der Waals surface area contributed by atoms with E-state index in [0.29, 0.717) is 30.3 Å². The van der Waals surface area contributed by atoms with Crippen molar-refractivity contribution in [3.63, 3.8) is 0 Å². The summed E-state index contributed by atoms with van der Waals surface area (Å²) < 4.78 is 4.88. The maximum atomic E-state index is 12.2. The van der Waals surface area contributed by atoms with Gasteiger partial charge in [-0.1, -0.05) is 6.92 Å². The summed E-state index contributed by atoms with van der Waals surface area (Å²) in [7, 11) is 1.46. The van der Waals surface area contributed by atoms with Gasteiger partial charge < -0.3 is 19.4 Å². The van der Waals surface area contributed by atoms with Gasteiger partial charge in [-0.05, 0) is 64.0 Å². The van der Waals surface area contributed by atoms with Crippen LogP contribution in [0.5, 0.6) is 0 Å². The molecule has 3 rings (SSSR count). The van der Waals surface area contributed by atoms with Gasteiger partial charge in [-0.25, -0.2) is 4.79 Å². The number of hydrogen-bond acceptors (Lipinski definition) is 4. The molecule has 6 nitrogen and oxygen atoms in total. The van der Waals surface area contributed by atoms with Gasteiger partial charge in [0, 0.05) is 38.1 Å². The van der Waals surface area contributed by atoms with Gasteiger partial charge in [0.05, 0.1) is 7.11 Å². The Hall–Kier alpha value is -1.30. The Balaban J connectivity index is 1.49. The lowest BCUT2D eigenvalue weighted by atomic mass is 9.87. The van der Waals surface area contributed by atoms with Gasteiger partial charge >= 0.3 is 6.09 Å². The lowest BCUT2D eigenvalue weighted by Gasteiger charge is -2.41. The maximum Gasteiger partial charge on any atom is 0.409 e. The molecule has 3 heterocycles. The van der Waals surface area contributed by atoms with Crippen molar-refractivity contribution in [2.75, 3.05) is 39.8 Å². The number of amides is 2. The fraction of sp³-hybridized carbons (Fsp3) is 0.900. The van der Waals surface area contributed by atoms with Crippen LogP contribution in [0.1, 0.15) is 58.3 Å². The topological polar surface area (TPSA) is 53.1 Å². The Labute approximate surface area is 157 Å². The second-order valence-corrected chi connectivity index (χ2v) is 8.07. The van der Waals surface area contributed by atoms with E-state index in [0.717, 1.165) is 45.6 Å². The quantitative estimate of drug-likeness (QED) is 0.772. The predicted molar refractivity (Wildman–Crippen MR) is 101 cm³/mol. The fourth-order valence-corrected chi connectivity index (χ4v) is 5.22. The summed E-state index contributed by atoms with van der Waals surface area (Å²) in [5.41, 5.74) is 0. The lowest BCUT2D eigenvalue weighted by Crippen LogP contribution is -2.47. The molecule has 0 spiro atoms. The average Bonchev–Trinajstić information content (AvgIpc) is 3.04. The third kappa shape index (κ3) is 4.33. The van der Waals surface area contributed by atoms with Gasteiger partial charge in [0.25, 0.3) is 0 Å². The molecule has 2 unspecified atom stereocenters. The summed E-state index contributed by atoms with van der Waals surface area (Å²) in [5, 5.41) is 0. The highest BCUT2D eigenvalue weighted by molar-refractivity contribution is 5.76. The van der Waals surface area contributed by atoms with Crippen LogP contribution in [0, 0.1) is 5.92 Å². The lowest BCUT2D eigenvalue weighted by molar-refractivity contribution is -0.133. The first-order valence-corrected chi connectivity index (χ1v) is 10.5. The number of carbonyl (C=O) groups excluding carboxylic acids is 2. The highest BCUT2D eigenvalue weighted by Gasteiger charge is 2.37. The summed E-state index contributed by atoms with van der Waals surface area (Å²) in [6.45, 7) is 6.83. The van der Waals surface area contributed by atoms with Crippen LogP contribution in [0.2, 0.25) is 0 Å². The number of rotatable bonds is 3. The first-order chi connectivity index (χ1) is 12.6. The zero-order valence-electron chi connectivity index (χ0n) is 16.5. The van der Waals surface area contributed by atoms with Crippen LogP contribution in [0.3, 0.4) is 0 Å². The molecular formula is C20H35N3O3. The highest BCUT2D eigenvalue weighted by Crippen LogP contribution is 2.33. The third-order valence-corrected chi connectivity index (χ3v) is 6.69. The first kappa shape index (κ1) is 19.5. The van der Waals surface area contributed by atoms with Gasteiger partial charge in [0.2, 0.25) is 5.91 Å². The average molecular weight is 366 g/mol. The molecule has 6 heteroatoms. The predicted octanol–water partition coefficient (Wildman–Crippen LogP) is 2.72. The minimum atomic E-state index is -0.189. The molecule has 3 fully saturated rings. The van der Waals surface area contributed by atoms with Crippen molar-refractivity contribution in [3.8, 4) is 0 Å². The van der Waals surface area contributed by atoms with Crippen molar-refractivity contribution >= 4 is 12.0 Å². The minimum Gasteiger partial charge on any atom is -0.453 e. The van der Waals surface area contributed by atoms with Crippen molar-refractivity contribution < 1.29 is 14.3 Å². The molecule has 3 saturated heterocycles. The Kier molecular flexibility index (Phi) is 6.79. The van der Waals surface area contributed by atoms with Crippen molar-refractivity contribution in [1.82, 2.24) is 14.7 Å². The van der Waals surface area contributed by atoms with Gasteiger partial charge in [-0.15, -0.1) is 0 Å². The summed E-state index contributed by atoms with van der Waals surface area (Å²) in [6, 6.07) is 1.07. The second-order valence-electron chi connectivity index (χ2n) is 8.07. The summed E-state index contributed by atoms with van der Waals surface area (Å²) in [4.78, 5) is 30.6. The molecule has 0 bridgehead atoms. The van der Waals surface area contributed by atoms with Gasteiger partial charge in [-0.3, -0.25) is 4.79 Å². The molecule has 0 radical (unpaired) electrons. The van der Waals surface area contributed by atoms with Crippen molar-refractivity contribution in [2.45, 2.75) is 70.4 Å². The smallest absolute Gasteiger partial charge is 0.409 e. The van der Waals surface area contributed by atoms with Crippen molar-refractivity contribution in [2.24, 2.45) is 5.92 Å². The molecule has 0 aromatic rings. The normalized spacial score (nSPS) is 28.8. The fourth-order valence-electron chi connectivity index (χ4n) is 5.22. The third-order valence-electron chi connectivity index (χ3n) is 6.69. The minimum absolute atomic E-state index is 0.189. The molecule has 0 aromatic carbocycles. The molecular weight excluding hydrogens is 330 g/mol. The van der Waals surface area contributed by atoms with Crippen LogP contribution in [0.4, 0.5) is 4.79 Å². The van der Waals surface area contributed by atoms with E-state index < -0.39 is 0 Å². The molecule has 26 heavy (non-hydrogen) atoms. The molecule has 2 amide bonds. The number of nitrogens with zero attached hydrogens (tertiary/aromatic N) is 3. The summed E-state index contributed by atoms with van der Waals surface area (Å²) >= 11 is 0. The van der Waals surface area contributed by atoms with Gasteiger partial charge in [0.15, 0.2) is 0 Å².